The molecule has 0 N–H and O–H groups in total. The Morgan fingerprint density at radius 1 is 1.28 bits per heavy atom. The molecule has 3 aliphatic carbocycles. The van der Waals surface area contributed by atoms with Crippen molar-refractivity contribution in [3.63, 3.8) is 0 Å². The van der Waals surface area contributed by atoms with Crippen molar-refractivity contribution in [2.75, 3.05) is 0 Å². The SMILES string of the molecule is O=C1c2cc(Cl)ccc2CCC12CC1C=CC2C1. The lowest BCUT2D eigenvalue weighted by atomic mass is 9.63. The molecule has 1 fully saturated rings. The second kappa shape index (κ2) is 3.48. The molecule has 1 aromatic rings. The lowest BCUT2D eigenvalue weighted by Crippen LogP contribution is -2.39. The fraction of sp³-hybridized carbons (Fsp3) is 0.438. The van der Waals surface area contributed by atoms with Crippen molar-refractivity contribution in [3.05, 3.63) is 46.5 Å². The summed E-state index contributed by atoms with van der Waals surface area (Å²) in [5.74, 6) is 1.46. The molecule has 0 aliphatic heterocycles. The maximum atomic E-state index is 12.9. The largest absolute Gasteiger partial charge is 0.294 e. The number of fused-ring (bicyclic) bond motifs is 4. The quantitative estimate of drug-likeness (QED) is 0.642. The van der Waals surface area contributed by atoms with Gasteiger partial charge in [0, 0.05) is 16.0 Å². The van der Waals surface area contributed by atoms with Crippen LogP contribution < -0.4 is 0 Å². The smallest absolute Gasteiger partial charge is 0.169 e. The van der Waals surface area contributed by atoms with Crippen molar-refractivity contribution in [2.45, 2.75) is 25.7 Å². The standard InChI is InChI=1S/C16H15ClO/c17-13-4-2-11-5-6-16(15(18)14(11)8-13)9-10-1-3-12(16)7-10/h1-4,8,10,12H,5-7,9H2. The van der Waals surface area contributed by atoms with Gasteiger partial charge >= 0.3 is 0 Å². The predicted molar refractivity (Wildman–Crippen MR) is 71.9 cm³/mol. The van der Waals surface area contributed by atoms with E-state index in [2.05, 4.69) is 12.2 Å². The molecule has 2 heteroatoms. The topological polar surface area (TPSA) is 17.1 Å². The molecule has 92 valence electrons. The Kier molecular flexibility index (Phi) is 2.09. The summed E-state index contributed by atoms with van der Waals surface area (Å²) in [6.45, 7) is 0. The van der Waals surface area contributed by atoms with Crippen LogP contribution in [0, 0.1) is 17.3 Å². The molecule has 3 atom stereocenters. The molecule has 0 radical (unpaired) electrons. The highest BCUT2D eigenvalue weighted by molar-refractivity contribution is 6.31. The molecule has 0 amide bonds. The summed E-state index contributed by atoms with van der Waals surface area (Å²) in [6.07, 6.45) is 8.86. The Morgan fingerprint density at radius 2 is 2.17 bits per heavy atom. The number of carbonyl (C=O) groups is 1. The van der Waals surface area contributed by atoms with Gasteiger partial charge in [-0.15, -0.1) is 0 Å². The highest BCUT2D eigenvalue weighted by Crippen LogP contribution is 2.57. The molecular weight excluding hydrogens is 244 g/mol. The molecule has 1 nitrogen and oxygen atoms in total. The summed E-state index contributed by atoms with van der Waals surface area (Å²) in [7, 11) is 0. The van der Waals surface area contributed by atoms with E-state index in [4.69, 9.17) is 11.6 Å². The molecule has 0 saturated heterocycles. The van der Waals surface area contributed by atoms with Gasteiger partial charge in [0.1, 0.15) is 0 Å². The van der Waals surface area contributed by atoms with Crippen molar-refractivity contribution in [1.29, 1.82) is 0 Å². The number of ketones is 1. The van der Waals surface area contributed by atoms with Gasteiger partial charge in [0.05, 0.1) is 0 Å². The first kappa shape index (κ1) is 10.8. The maximum Gasteiger partial charge on any atom is 0.169 e. The highest BCUT2D eigenvalue weighted by atomic mass is 35.5. The van der Waals surface area contributed by atoms with Crippen LogP contribution in [0.2, 0.25) is 5.02 Å². The predicted octanol–water partition coefficient (Wildman–Crippen LogP) is 4.05. The fourth-order valence-electron chi connectivity index (χ4n) is 4.22. The molecule has 2 bridgehead atoms. The minimum absolute atomic E-state index is 0.100. The van der Waals surface area contributed by atoms with Crippen LogP contribution in [-0.4, -0.2) is 5.78 Å². The third-order valence-electron chi connectivity index (χ3n) is 5.12. The number of allylic oxidation sites excluding steroid dienone is 2. The van der Waals surface area contributed by atoms with Gasteiger partial charge < -0.3 is 0 Å². The van der Waals surface area contributed by atoms with Crippen LogP contribution in [0.25, 0.3) is 0 Å². The van der Waals surface area contributed by atoms with Gasteiger partial charge in [0.2, 0.25) is 0 Å². The minimum atomic E-state index is -0.100. The Hall–Kier alpha value is -1.08. The Balaban J connectivity index is 1.83. The van der Waals surface area contributed by atoms with E-state index in [1.54, 1.807) is 0 Å². The Morgan fingerprint density at radius 3 is 2.89 bits per heavy atom. The van der Waals surface area contributed by atoms with Crippen molar-refractivity contribution >= 4 is 17.4 Å². The minimum Gasteiger partial charge on any atom is -0.294 e. The number of Topliss-reactive ketones (excluding diaryl/α,β-unsaturated/α-hetero) is 1. The maximum absolute atomic E-state index is 12.9. The van der Waals surface area contributed by atoms with Gasteiger partial charge in [-0.1, -0.05) is 29.8 Å². The molecule has 0 aromatic heterocycles. The van der Waals surface area contributed by atoms with Gasteiger partial charge in [-0.25, -0.2) is 0 Å². The first-order valence-electron chi connectivity index (χ1n) is 6.71. The second-order valence-electron chi connectivity index (χ2n) is 5.98. The summed E-state index contributed by atoms with van der Waals surface area (Å²) in [5, 5.41) is 0.679. The van der Waals surface area contributed by atoms with Crippen molar-refractivity contribution in [1.82, 2.24) is 0 Å². The van der Waals surface area contributed by atoms with E-state index in [0.29, 0.717) is 22.6 Å². The average Bonchev–Trinajstić information content (AvgIpc) is 2.96. The summed E-state index contributed by atoms with van der Waals surface area (Å²) in [6, 6.07) is 5.79. The number of benzene rings is 1. The molecule has 1 aromatic carbocycles. The van der Waals surface area contributed by atoms with Crippen LogP contribution in [0.5, 0.6) is 0 Å². The zero-order valence-electron chi connectivity index (χ0n) is 10.2. The summed E-state index contributed by atoms with van der Waals surface area (Å²) < 4.78 is 0. The number of carbonyl (C=O) groups excluding carboxylic acids is 1. The fourth-order valence-corrected chi connectivity index (χ4v) is 4.39. The van der Waals surface area contributed by atoms with E-state index in [9.17, 15) is 4.79 Å². The van der Waals surface area contributed by atoms with E-state index >= 15 is 0 Å². The van der Waals surface area contributed by atoms with Crippen LogP contribution in [0.3, 0.4) is 0 Å². The molecule has 18 heavy (non-hydrogen) atoms. The third-order valence-corrected chi connectivity index (χ3v) is 5.35. The third kappa shape index (κ3) is 1.26. The number of aryl methyl sites for hydroxylation is 1. The number of rotatable bonds is 0. The first-order chi connectivity index (χ1) is 8.69. The zero-order chi connectivity index (χ0) is 12.3. The van der Waals surface area contributed by atoms with E-state index in [1.807, 2.05) is 18.2 Å². The van der Waals surface area contributed by atoms with Gasteiger partial charge in [0.15, 0.2) is 5.78 Å². The van der Waals surface area contributed by atoms with Crippen LogP contribution in [0.15, 0.2) is 30.4 Å². The molecule has 1 spiro atoms. The average molecular weight is 259 g/mol. The van der Waals surface area contributed by atoms with Crippen LogP contribution in [0.1, 0.15) is 35.2 Å². The van der Waals surface area contributed by atoms with Crippen LogP contribution in [0.4, 0.5) is 0 Å². The molecule has 4 rings (SSSR count). The lowest BCUT2D eigenvalue weighted by molar-refractivity contribution is 0.0702. The first-order valence-corrected chi connectivity index (χ1v) is 7.08. The zero-order valence-corrected chi connectivity index (χ0v) is 10.9. The Bertz CT molecular complexity index is 574. The van der Waals surface area contributed by atoms with Gasteiger partial charge in [-0.2, -0.15) is 0 Å². The van der Waals surface area contributed by atoms with Crippen LogP contribution >= 0.6 is 11.6 Å². The van der Waals surface area contributed by atoms with E-state index in [0.717, 1.165) is 24.8 Å². The van der Waals surface area contributed by atoms with Crippen molar-refractivity contribution in [3.8, 4) is 0 Å². The molecule has 0 heterocycles. The number of hydrogen-bond donors (Lipinski definition) is 0. The van der Waals surface area contributed by atoms with E-state index in [-0.39, 0.29) is 5.41 Å². The van der Waals surface area contributed by atoms with E-state index in [1.165, 1.54) is 12.0 Å². The van der Waals surface area contributed by atoms with Gasteiger partial charge in [-0.3, -0.25) is 4.79 Å². The lowest BCUT2D eigenvalue weighted by Gasteiger charge is -2.38. The van der Waals surface area contributed by atoms with Gasteiger partial charge in [0.25, 0.3) is 0 Å². The van der Waals surface area contributed by atoms with Crippen LogP contribution in [-0.2, 0) is 6.42 Å². The molecular formula is C16H15ClO. The number of hydrogen-bond acceptors (Lipinski definition) is 1. The molecule has 3 unspecified atom stereocenters. The van der Waals surface area contributed by atoms with E-state index < -0.39 is 0 Å². The monoisotopic (exact) mass is 258 g/mol. The summed E-state index contributed by atoms with van der Waals surface area (Å²) in [4.78, 5) is 12.9. The normalized spacial score (nSPS) is 36.4. The Labute approximate surface area is 112 Å². The van der Waals surface area contributed by atoms with Gasteiger partial charge in [-0.05, 0) is 55.2 Å². The summed E-state index contributed by atoms with van der Waals surface area (Å²) >= 11 is 6.05. The molecule has 1 saturated carbocycles. The van der Waals surface area contributed by atoms with Crippen molar-refractivity contribution < 1.29 is 4.79 Å². The molecule has 3 aliphatic rings. The van der Waals surface area contributed by atoms with Crippen molar-refractivity contribution in [2.24, 2.45) is 17.3 Å². The summed E-state index contributed by atoms with van der Waals surface area (Å²) in [5.41, 5.74) is 1.97. The highest BCUT2D eigenvalue weighted by Gasteiger charge is 2.54. The number of halogens is 1. The second-order valence-corrected chi connectivity index (χ2v) is 6.41.